The highest BCUT2D eigenvalue weighted by Crippen LogP contribution is 2.31. The predicted octanol–water partition coefficient (Wildman–Crippen LogP) is 4.76. The normalized spacial score (nSPS) is 11.3. The Morgan fingerprint density at radius 3 is 2.50 bits per heavy atom. The molecule has 0 N–H and O–H groups in total. The summed E-state index contributed by atoms with van der Waals surface area (Å²) in [7, 11) is 0. The molecule has 3 rings (SSSR count). The van der Waals surface area contributed by atoms with E-state index in [0.717, 1.165) is 30.5 Å². The van der Waals surface area contributed by atoms with Crippen molar-refractivity contribution < 1.29 is 13.6 Å². The number of benzene rings is 1. The number of thiazole rings is 1. The summed E-state index contributed by atoms with van der Waals surface area (Å²) in [6, 6.07) is 3.83. The highest BCUT2D eigenvalue weighted by molar-refractivity contribution is 7.22. The largest absolute Gasteiger partial charge is 0.302 e. The zero-order valence-corrected chi connectivity index (χ0v) is 19.1. The molecule has 2 aromatic heterocycles. The van der Waals surface area contributed by atoms with Crippen LogP contribution in [0.5, 0.6) is 0 Å². The van der Waals surface area contributed by atoms with Crippen molar-refractivity contribution in [3.8, 4) is 0 Å². The number of fused-ring (bicyclic) bond motifs is 1. The molecule has 0 saturated carbocycles. The lowest BCUT2D eigenvalue weighted by molar-refractivity contribution is 0.0978. The average molecular weight is 458 g/mol. The molecular formula is C20H26ClF2N5OS. The van der Waals surface area contributed by atoms with Crippen LogP contribution in [0.1, 0.15) is 44.2 Å². The molecule has 0 atom stereocenters. The van der Waals surface area contributed by atoms with Crippen LogP contribution in [-0.2, 0) is 0 Å². The van der Waals surface area contributed by atoms with E-state index in [1.807, 2.05) is 13.8 Å². The highest BCUT2D eigenvalue weighted by atomic mass is 35.5. The molecule has 2 heterocycles. The second-order valence-corrected chi connectivity index (χ2v) is 8.00. The van der Waals surface area contributed by atoms with Gasteiger partial charge in [0.15, 0.2) is 16.6 Å². The average Bonchev–Trinajstić information content (AvgIpc) is 3.32. The molecule has 0 aliphatic rings. The first-order valence-corrected chi connectivity index (χ1v) is 10.5. The number of carbonyl (C=O) groups excluding carboxylic acids is 1. The Hall–Kier alpha value is -2.10. The molecule has 0 fully saturated rings. The Morgan fingerprint density at radius 1 is 1.20 bits per heavy atom. The number of rotatable bonds is 8. The zero-order valence-electron chi connectivity index (χ0n) is 17.4. The number of halogens is 3. The van der Waals surface area contributed by atoms with Crippen LogP contribution in [0.15, 0.2) is 24.4 Å². The van der Waals surface area contributed by atoms with Crippen LogP contribution >= 0.6 is 23.7 Å². The summed E-state index contributed by atoms with van der Waals surface area (Å²) < 4.78 is 29.8. The Morgan fingerprint density at radius 2 is 1.90 bits per heavy atom. The molecule has 0 bridgehead atoms. The molecule has 0 aliphatic carbocycles. The molecule has 0 spiro atoms. The fourth-order valence-electron chi connectivity index (χ4n) is 3.00. The molecule has 1 amide bonds. The first kappa shape index (κ1) is 24.2. The quantitative estimate of drug-likeness (QED) is 0.489. The molecule has 164 valence electrons. The van der Waals surface area contributed by atoms with Crippen molar-refractivity contribution in [2.24, 2.45) is 0 Å². The maximum Gasteiger partial charge on any atom is 0.280 e. The SMILES string of the molecule is CCN(CC)CCN(C(=O)c1ccn(C(C)C)n1)c1nc2c(F)cc(F)cc2s1.Cl. The predicted molar refractivity (Wildman–Crippen MR) is 119 cm³/mol. The Bertz CT molecular complexity index is 1000. The van der Waals surface area contributed by atoms with Crippen LogP contribution in [0.3, 0.4) is 0 Å². The summed E-state index contributed by atoms with van der Waals surface area (Å²) in [5.74, 6) is -1.71. The van der Waals surface area contributed by atoms with Gasteiger partial charge in [0.2, 0.25) is 0 Å². The van der Waals surface area contributed by atoms with Gasteiger partial charge in [0.05, 0.1) is 4.70 Å². The van der Waals surface area contributed by atoms with Crippen LogP contribution in [-0.4, -0.2) is 51.8 Å². The molecule has 0 aliphatic heterocycles. The molecular weight excluding hydrogens is 432 g/mol. The lowest BCUT2D eigenvalue weighted by Gasteiger charge is -2.24. The van der Waals surface area contributed by atoms with E-state index in [1.165, 1.54) is 11.0 Å². The van der Waals surface area contributed by atoms with E-state index in [1.54, 1.807) is 16.9 Å². The lowest BCUT2D eigenvalue weighted by Crippen LogP contribution is -2.39. The van der Waals surface area contributed by atoms with Gasteiger partial charge in [-0.2, -0.15) is 5.10 Å². The van der Waals surface area contributed by atoms with Gasteiger partial charge in [-0.15, -0.1) is 12.4 Å². The maximum absolute atomic E-state index is 14.1. The van der Waals surface area contributed by atoms with Crippen LogP contribution in [0.25, 0.3) is 10.2 Å². The third-order valence-corrected chi connectivity index (χ3v) is 5.79. The topological polar surface area (TPSA) is 54.3 Å². The van der Waals surface area contributed by atoms with Gasteiger partial charge in [0.1, 0.15) is 11.3 Å². The monoisotopic (exact) mass is 457 g/mol. The minimum absolute atomic E-state index is 0. The fourth-order valence-corrected chi connectivity index (χ4v) is 4.03. The van der Waals surface area contributed by atoms with Crippen molar-refractivity contribution in [1.29, 1.82) is 0 Å². The Labute approximate surface area is 184 Å². The highest BCUT2D eigenvalue weighted by Gasteiger charge is 2.25. The second-order valence-electron chi connectivity index (χ2n) is 6.99. The molecule has 0 radical (unpaired) electrons. The van der Waals surface area contributed by atoms with E-state index < -0.39 is 11.6 Å². The smallest absolute Gasteiger partial charge is 0.280 e. The van der Waals surface area contributed by atoms with Gasteiger partial charge < -0.3 is 4.90 Å². The number of nitrogens with zero attached hydrogens (tertiary/aromatic N) is 5. The van der Waals surface area contributed by atoms with Crippen molar-refractivity contribution in [3.05, 3.63) is 41.7 Å². The van der Waals surface area contributed by atoms with Gasteiger partial charge in [0, 0.05) is 31.4 Å². The van der Waals surface area contributed by atoms with E-state index in [9.17, 15) is 13.6 Å². The van der Waals surface area contributed by atoms with Gasteiger partial charge in [-0.3, -0.25) is 14.4 Å². The molecule has 3 aromatic rings. The van der Waals surface area contributed by atoms with Gasteiger partial charge in [-0.25, -0.2) is 13.8 Å². The number of amides is 1. The summed E-state index contributed by atoms with van der Waals surface area (Å²) in [5.41, 5.74) is 0.365. The molecule has 6 nitrogen and oxygen atoms in total. The van der Waals surface area contributed by atoms with Crippen LogP contribution < -0.4 is 4.90 Å². The first-order chi connectivity index (χ1) is 13.8. The van der Waals surface area contributed by atoms with Crippen molar-refractivity contribution in [2.45, 2.75) is 33.7 Å². The second kappa shape index (κ2) is 10.3. The number of likely N-dealkylation sites (N-methyl/N-ethyl adjacent to an activating group) is 1. The molecule has 1 aromatic carbocycles. The number of carbonyl (C=O) groups is 1. The van der Waals surface area contributed by atoms with Crippen molar-refractivity contribution in [3.63, 3.8) is 0 Å². The van der Waals surface area contributed by atoms with Gasteiger partial charge in [-0.05, 0) is 39.1 Å². The third-order valence-electron chi connectivity index (χ3n) is 4.77. The maximum atomic E-state index is 14.1. The fraction of sp³-hybridized carbons (Fsp3) is 0.450. The van der Waals surface area contributed by atoms with Gasteiger partial charge in [-0.1, -0.05) is 25.2 Å². The standard InChI is InChI=1S/C20H25F2N5OS.ClH/c1-5-25(6-2)9-10-26(19(28)16-7-8-27(24-16)13(3)4)20-23-18-15(22)11-14(21)12-17(18)29-20;/h7-8,11-13H,5-6,9-10H2,1-4H3;1H. The van der Waals surface area contributed by atoms with Crippen molar-refractivity contribution in [1.82, 2.24) is 19.7 Å². The minimum Gasteiger partial charge on any atom is -0.302 e. The van der Waals surface area contributed by atoms with Crippen LogP contribution in [0.2, 0.25) is 0 Å². The van der Waals surface area contributed by atoms with E-state index in [-0.39, 0.29) is 29.9 Å². The molecule has 0 unspecified atom stereocenters. The minimum atomic E-state index is -0.734. The number of hydrogen-bond acceptors (Lipinski definition) is 5. The Balaban J connectivity index is 0.00000320. The Kier molecular flexibility index (Phi) is 8.28. The van der Waals surface area contributed by atoms with Gasteiger partial charge >= 0.3 is 0 Å². The summed E-state index contributed by atoms with van der Waals surface area (Å²) in [6.45, 7) is 10.8. The summed E-state index contributed by atoms with van der Waals surface area (Å²) in [4.78, 5) is 21.2. The van der Waals surface area contributed by atoms with Gasteiger partial charge in [0.25, 0.3) is 5.91 Å². The van der Waals surface area contributed by atoms with Crippen LogP contribution in [0.4, 0.5) is 13.9 Å². The number of aromatic nitrogens is 3. The van der Waals surface area contributed by atoms with Crippen LogP contribution in [0, 0.1) is 11.6 Å². The van der Waals surface area contributed by atoms with E-state index in [0.29, 0.717) is 28.6 Å². The lowest BCUT2D eigenvalue weighted by atomic mass is 10.3. The third kappa shape index (κ3) is 5.14. The molecule has 10 heteroatoms. The van der Waals surface area contributed by atoms with Crippen molar-refractivity contribution >= 4 is 45.0 Å². The molecule has 0 saturated heterocycles. The van der Waals surface area contributed by atoms with Crippen molar-refractivity contribution in [2.75, 3.05) is 31.1 Å². The zero-order chi connectivity index (χ0) is 21.1. The molecule has 30 heavy (non-hydrogen) atoms. The summed E-state index contributed by atoms with van der Waals surface area (Å²) in [6.07, 6.45) is 1.76. The van der Waals surface area contributed by atoms with E-state index in [2.05, 4.69) is 28.8 Å². The summed E-state index contributed by atoms with van der Waals surface area (Å²) in [5, 5.41) is 4.70. The van der Waals surface area contributed by atoms with E-state index >= 15 is 0 Å². The number of anilines is 1. The van der Waals surface area contributed by atoms with E-state index in [4.69, 9.17) is 0 Å². The number of hydrogen-bond donors (Lipinski definition) is 0. The first-order valence-electron chi connectivity index (χ1n) is 9.69. The summed E-state index contributed by atoms with van der Waals surface area (Å²) >= 11 is 1.10.